The molecule has 0 saturated carbocycles. The minimum Gasteiger partial charge on any atom is -0.319 e. The number of thiazole rings is 1. The summed E-state index contributed by atoms with van der Waals surface area (Å²) in [5.74, 6) is 0.815. The average Bonchev–Trinajstić information content (AvgIpc) is 2.96. The lowest BCUT2D eigenvalue weighted by Crippen LogP contribution is -2.28. The Morgan fingerprint density at radius 1 is 1.56 bits per heavy atom. The molecule has 1 atom stereocenters. The average molecular weight is 267 g/mol. The van der Waals surface area contributed by atoms with Crippen LogP contribution >= 0.6 is 11.3 Å². The van der Waals surface area contributed by atoms with E-state index in [0.717, 1.165) is 18.9 Å². The van der Waals surface area contributed by atoms with Crippen LogP contribution in [0.3, 0.4) is 0 Å². The number of hydrogen-bond donors (Lipinski definition) is 1. The van der Waals surface area contributed by atoms with Gasteiger partial charge in [-0.1, -0.05) is 0 Å². The van der Waals surface area contributed by atoms with Crippen LogP contribution in [0.25, 0.3) is 0 Å². The molecule has 4 heteroatoms. The van der Waals surface area contributed by atoms with E-state index in [9.17, 15) is 0 Å². The minimum atomic E-state index is 0.692. The third kappa shape index (κ3) is 3.77. The summed E-state index contributed by atoms with van der Waals surface area (Å²) in [7, 11) is 1.99. The smallest absolute Gasteiger partial charge is 0.0931 e. The number of nitrogens with zero attached hydrogens (tertiary/aromatic N) is 2. The first kappa shape index (κ1) is 14.0. The van der Waals surface area contributed by atoms with Crippen molar-refractivity contribution in [2.75, 3.05) is 26.7 Å². The van der Waals surface area contributed by atoms with E-state index in [-0.39, 0.29) is 0 Å². The van der Waals surface area contributed by atoms with Gasteiger partial charge >= 0.3 is 0 Å². The van der Waals surface area contributed by atoms with Crippen molar-refractivity contribution in [2.24, 2.45) is 5.92 Å². The van der Waals surface area contributed by atoms with Crippen LogP contribution in [0.15, 0.2) is 5.38 Å². The first-order chi connectivity index (χ1) is 8.69. The molecule has 0 spiro atoms. The highest BCUT2D eigenvalue weighted by molar-refractivity contribution is 7.09. The third-order valence-electron chi connectivity index (χ3n) is 3.74. The van der Waals surface area contributed by atoms with Gasteiger partial charge in [0.2, 0.25) is 0 Å². The topological polar surface area (TPSA) is 28.2 Å². The van der Waals surface area contributed by atoms with Crippen molar-refractivity contribution in [2.45, 2.75) is 39.2 Å². The molecular weight excluding hydrogens is 242 g/mol. The van der Waals surface area contributed by atoms with E-state index in [1.165, 1.54) is 36.6 Å². The van der Waals surface area contributed by atoms with E-state index in [1.54, 1.807) is 0 Å². The summed E-state index contributed by atoms with van der Waals surface area (Å²) >= 11 is 1.84. The fourth-order valence-corrected chi connectivity index (χ4v) is 3.50. The Balaban J connectivity index is 1.81. The Hall–Kier alpha value is -0.450. The van der Waals surface area contributed by atoms with Gasteiger partial charge in [-0.2, -0.15) is 0 Å². The Kier molecular flexibility index (Phi) is 5.15. The van der Waals surface area contributed by atoms with E-state index in [2.05, 4.69) is 29.4 Å². The molecule has 1 aliphatic rings. The second kappa shape index (κ2) is 6.64. The molecule has 2 heterocycles. The third-order valence-corrected chi connectivity index (χ3v) is 4.66. The largest absolute Gasteiger partial charge is 0.319 e. The van der Waals surface area contributed by atoms with Crippen LogP contribution in [-0.2, 0) is 12.8 Å². The minimum absolute atomic E-state index is 0.692. The highest BCUT2D eigenvalue weighted by Gasteiger charge is 2.24. The monoisotopic (exact) mass is 267 g/mol. The highest BCUT2D eigenvalue weighted by Crippen LogP contribution is 2.24. The van der Waals surface area contributed by atoms with Gasteiger partial charge in [-0.3, -0.25) is 0 Å². The van der Waals surface area contributed by atoms with Crippen molar-refractivity contribution in [3.05, 3.63) is 16.1 Å². The summed E-state index contributed by atoms with van der Waals surface area (Å²) in [5, 5.41) is 6.73. The highest BCUT2D eigenvalue weighted by atomic mass is 32.1. The normalized spacial score (nSPS) is 21.0. The van der Waals surface area contributed by atoms with Crippen molar-refractivity contribution < 1.29 is 0 Å². The molecule has 102 valence electrons. The molecule has 0 aliphatic carbocycles. The van der Waals surface area contributed by atoms with Gasteiger partial charge in [0, 0.05) is 37.4 Å². The Morgan fingerprint density at radius 3 is 3.06 bits per heavy atom. The quantitative estimate of drug-likeness (QED) is 0.856. The van der Waals surface area contributed by atoms with Gasteiger partial charge in [-0.15, -0.1) is 11.3 Å². The molecule has 1 saturated heterocycles. The van der Waals surface area contributed by atoms with Crippen molar-refractivity contribution in [3.8, 4) is 0 Å². The molecule has 0 radical (unpaired) electrons. The lowest BCUT2D eigenvalue weighted by Gasteiger charge is -2.19. The molecule has 1 aromatic heterocycles. The van der Waals surface area contributed by atoms with Crippen LogP contribution in [0.4, 0.5) is 0 Å². The number of rotatable bonds is 6. The molecule has 18 heavy (non-hydrogen) atoms. The molecule has 1 aliphatic heterocycles. The molecule has 0 bridgehead atoms. The van der Waals surface area contributed by atoms with E-state index in [0.29, 0.717) is 6.04 Å². The van der Waals surface area contributed by atoms with Crippen molar-refractivity contribution >= 4 is 11.3 Å². The van der Waals surface area contributed by atoms with Gasteiger partial charge in [-0.05, 0) is 39.8 Å². The first-order valence-electron chi connectivity index (χ1n) is 7.01. The van der Waals surface area contributed by atoms with Crippen LogP contribution in [0.1, 0.15) is 31.0 Å². The van der Waals surface area contributed by atoms with Crippen LogP contribution in [0.2, 0.25) is 0 Å². The van der Waals surface area contributed by atoms with Gasteiger partial charge < -0.3 is 10.2 Å². The SMILES string of the molecule is CNCCc1csc(CC2CCN(C(C)C)C2)n1. The lowest BCUT2D eigenvalue weighted by molar-refractivity contribution is 0.265. The first-order valence-corrected chi connectivity index (χ1v) is 7.89. The maximum atomic E-state index is 4.74. The molecule has 0 aromatic carbocycles. The van der Waals surface area contributed by atoms with Crippen LogP contribution in [0.5, 0.6) is 0 Å². The van der Waals surface area contributed by atoms with Gasteiger partial charge in [0.05, 0.1) is 10.7 Å². The van der Waals surface area contributed by atoms with E-state index in [4.69, 9.17) is 4.98 Å². The van der Waals surface area contributed by atoms with Crippen molar-refractivity contribution in [3.63, 3.8) is 0 Å². The predicted octanol–water partition coefficient (Wildman–Crippen LogP) is 2.18. The Labute approximate surface area is 115 Å². The summed E-state index contributed by atoms with van der Waals surface area (Å²) in [4.78, 5) is 7.32. The zero-order chi connectivity index (χ0) is 13.0. The van der Waals surface area contributed by atoms with E-state index >= 15 is 0 Å². The van der Waals surface area contributed by atoms with Gasteiger partial charge in [0.15, 0.2) is 0 Å². The Morgan fingerprint density at radius 2 is 2.39 bits per heavy atom. The Bertz CT molecular complexity index is 362. The number of nitrogens with one attached hydrogen (secondary N) is 1. The molecule has 1 unspecified atom stereocenters. The summed E-state index contributed by atoms with van der Waals surface area (Å²) in [6, 6.07) is 0.692. The molecule has 3 nitrogen and oxygen atoms in total. The second-order valence-corrected chi connectivity index (χ2v) is 6.48. The zero-order valence-electron chi connectivity index (χ0n) is 11.8. The predicted molar refractivity (Wildman–Crippen MR) is 78.3 cm³/mol. The maximum absolute atomic E-state index is 4.74. The fraction of sp³-hybridized carbons (Fsp3) is 0.786. The summed E-state index contributed by atoms with van der Waals surface area (Å²) < 4.78 is 0. The molecule has 1 aromatic rings. The van der Waals surface area contributed by atoms with Crippen LogP contribution < -0.4 is 5.32 Å². The van der Waals surface area contributed by atoms with Crippen molar-refractivity contribution in [1.82, 2.24) is 15.2 Å². The maximum Gasteiger partial charge on any atom is 0.0931 e. The van der Waals surface area contributed by atoms with Gasteiger partial charge in [0.25, 0.3) is 0 Å². The number of hydrogen-bond acceptors (Lipinski definition) is 4. The van der Waals surface area contributed by atoms with Crippen LogP contribution in [-0.4, -0.2) is 42.6 Å². The summed E-state index contributed by atoms with van der Waals surface area (Å²) in [6.45, 7) is 8.13. The summed E-state index contributed by atoms with van der Waals surface area (Å²) in [5.41, 5.74) is 1.25. The van der Waals surface area contributed by atoms with E-state index in [1.807, 2.05) is 18.4 Å². The van der Waals surface area contributed by atoms with Gasteiger partial charge in [-0.25, -0.2) is 4.98 Å². The van der Waals surface area contributed by atoms with Gasteiger partial charge in [0.1, 0.15) is 0 Å². The molecule has 1 N–H and O–H groups in total. The molecular formula is C14H25N3S. The summed E-state index contributed by atoms with van der Waals surface area (Å²) in [6.07, 6.45) is 3.56. The molecule has 2 rings (SSSR count). The van der Waals surface area contributed by atoms with E-state index < -0.39 is 0 Å². The number of likely N-dealkylation sites (N-methyl/N-ethyl adjacent to an activating group) is 1. The number of likely N-dealkylation sites (tertiary alicyclic amines) is 1. The molecule has 1 fully saturated rings. The number of aromatic nitrogens is 1. The zero-order valence-corrected chi connectivity index (χ0v) is 12.6. The van der Waals surface area contributed by atoms with Crippen LogP contribution in [0, 0.1) is 5.92 Å². The van der Waals surface area contributed by atoms with Crippen molar-refractivity contribution in [1.29, 1.82) is 0 Å². The fourth-order valence-electron chi connectivity index (χ4n) is 2.56. The molecule has 0 amide bonds. The lowest BCUT2D eigenvalue weighted by atomic mass is 10.1. The second-order valence-electron chi connectivity index (χ2n) is 5.53. The standard InChI is InChI=1S/C14H25N3S/c1-11(2)17-7-5-12(9-17)8-14-16-13(10-18-14)4-6-15-3/h10-12,15H,4-9H2,1-3H3.